The van der Waals surface area contributed by atoms with E-state index in [9.17, 15) is 4.79 Å². The van der Waals surface area contributed by atoms with Crippen molar-refractivity contribution in [3.63, 3.8) is 0 Å². The molecule has 0 spiro atoms. The van der Waals surface area contributed by atoms with Crippen molar-refractivity contribution in [2.75, 3.05) is 13.2 Å². The highest BCUT2D eigenvalue weighted by molar-refractivity contribution is 5.80. The number of ether oxygens (including phenoxy) is 2. The molecule has 1 aromatic rings. The summed E-state index contributed by atoms with van der Waals surface area (Å²) in [5, 5.41) is 0. The summed E-state index contributed by atoms with van der Waals surface area (Å²) < 4.78 is 11.1. The van der Waals surface area contributed by atoms with E-state index in [4.69, 9.17) is 9.47 Å². The minimum atomic E-state index is 0.368. The predicted molar refractivity (Wildman–Crippen MR) is 63.6 cm³/mol. The first-order chi connectivity index (χ1) is 8.33. The van der Waals surface area contributed by atoms with E-state index in [0.29, 0.717) is 31.3 Å². The second kappa shape index (κ2) is 4.40. The molecule has 1 atom stereocenters. The van der Waals surface area contributed by atoms with Crippen LogP contribution in [0, 0.1) is 0 Å². The van der Waals surface area contributed by atoms with Gasteiger partial charge in [-0.25, -0.2) is 0 Å². The molecule has 0 unspecified atom stereocenters. The third-order valence-corrected chi connectivity index (χ3v) is 3.52. The van der Waals surface area contributed by atoms with Crippen molar-refractivity contribution in [2.24, 2.45) is 0 Å². The first-order valence-electron chi connectivity index (χ1n) is 6.24. The molecule has 2 aliphatic rings. The lowest BCUT2D eigenvalue weighted by Gasteiger charge is -2.24. The van der Waals surface area contributed by atoms with Crippen LogP contribution in [0.2, 0.25) is 0 Å². The van der Waals surface area contributed by atoms with E-state index in [1.807, 2.05) is 12.1 Å². The number of hydrogen-bond donors (Lipinski definition) is 0. The number of hydrogen-bond acceptors (Lipinski definition) is 3. The van der Waals surface area contributed by atoms with E-state index in [0.717, 1.165) is 30.8 Å². The Labute approximate surface area is 101 Å². The molecule has 17 heavy (non-hydrogen) atoms. The van der Waals surface area contributed by atoms with Gasteiger partial charge in [-0.05, 0) is 36.5 Å². The van der Waals surface area contributed by atoms with Gasteiger partial charge in [0.05, 0.1) is 0 Å². The number of Topliss-reactive ketones (excluding diaryl/α,β-unsaturated/α-hetero) is 1. The Kier molecular flexibility index (Phi) is 2.75. The first kappa shape index (κ1) is 10.6. The lowest BCUT2D eigenvalue weighted by molar-refractivity contribution is -0.120. The van der Waals surface area contributed by atoms with E-state index in [1.54, 1.807) is 0 Å². The fourth-order valence-electron chi connectivity index (χ4n) is 2.62. The maximum Gasteiger partial charge on any atom is 0.161 e. The van der Waals surface area contributed by atoms with Crippen LogP contribution in [0.25, 0.3) is 0 Å². The summed E-state index contributed by atoms with van der Waals surface area (Å²) in [5.41, 5.74) is 1.21. The molecule has 0 bridgehead atoms. The van der Waals surface area contributed by atoms with Gasteiger partial charge in [-0.2, -0.15) is 0 Å². The Hall–Kier alpha value is -1.51. The predicted octanol–water partition coefficient (Wildman–Crippen LogP) is 2.68. The monoisotopic (exact) mass is 232 g/mol. The van der Waals surface area contributed by atoms with Crippen molar-refractivity contribution in [1.29, 1.82) is 0 Å². The molecule has 1 saturated carbocycles. The number of ketones is 1. The van der Waals surface area contributed by atoms with Crippen molar-refractivity contribution in [1.82, 2.24) is 0 Å². The van der Waals surface area contributed by atoms with Crippen LogP contribution in [0.15, 0.2) is 18.2 Å². The molecule has 3 nitrogen and oxygen atoms in total. The zero-order chi connectivity index (χ0) is 11.7. The molecule has 1 aliphatic heterocycles. The number of benzene rings is 1. The van der Waals surface area contributed by atoms with Crippen LogP contribution in [0.1, 0.15) is 37.2 Å². The fourth-order valence-corrected chi connectivity index (χ4v) is 2.62. The van der Waals surface area contributed by atoms with Gasteiger partial charge in [0.2, 0.25) is 0 Å². The van der Waals surface area contributed by atoms with Gasteiger partial charge >= 0.3 is 0 Å². The van der Waals surface area contributed by atoms with E-state index >= 15 is 0 Å². The zero-order valence-electron chi connectivity index (χ0n) is 9.78. The Bertz CT molecular complexity index is 439. The number of carbonyl (C=O) groups is 1. The van der Waals surface area contributed by atoms with E-state index in [1.165, 1.54) is 5.56 Å². The van der Waals surface area contributed by atoms with Crippen molar-refractivity contribution in [3.8, 4) is 11.5 Å². The minimum Gasteiger partial charge on any atom is -0.486 e. The van der Waals surface area contributed by atoms with Crippen molar-refractivity contribution >= 4 is 5.78 Å². The van der Waals surface area contributed by atoms with Crippen LogP contribution in [0.5, 0.6) is 11.5 Å². The molecule has 1 aliphatic carbocycles. The maximum atomic E-state index is 11.5. The van der Waals surface area contributed by atoms with Crippen LogP contribution in [-0.2, 0) is 4.79 Å². The van der Waals surface area contributed by atoms with Gasteiger partial charge in [0, 0.05) is 12.8 Å². The number of rotatable bonds is 1. The minimum absolute atomic E-state index is 0.368. The van der Waals surface area contributed by atoms with Crippen molar-refractivity contribution in [2.45, 2.75) is 31.6 Å². The summed E-state index contributed by atoms with van der Waals surface area (Å²) in [6, 6.07) is 6.07. The molecule has 3 rings (SSSR count). The molecule has 0 amide bonds. The maximum absolute atomic E-state index is 11.5. The lowest BCUT2D eigenvalue weighted by atomic mass is 9.83. The van der Waals surface area contributed by atoms with Gasteiger partial charge in [-0.3, -0.25) is 4.79 Å². The summed E-state index contributed by atoms with van der Waals surface area (Å²) >= 11 is 0. The lowest BCUT2D eigenvalue weighted by Crippen LogP contribution is -2.17. The normalized spacial score (nSPS) is 23.5. The molecule has 1 aromatic carbocycles. The molecule has 90 valence electrons. The van der Waals surface area contributed by atoms with Gasteiger partial charge in [0.1, 0.15) is 19.0 Å². The average Bonchev–Trinajstić information content (AvgIpc) is 2.38. The van der Waals surface area contributed by atoms with Gasteiger partial charge in [-0.15, -0.1) is 0 Å². The largest absolute Gasteiger partial charge is 0.486 e. The second-order valence-electron chi connectivity index (χ2n) is 4.74. The summed E-state index contributed by atoms with van der Waals surface area (Å²) in [4.78, 5) is 11.5. The molecular weight excluding hydrogens is 216 g/mol. The third kappa shape index (κ3) is 2.14. The van der Waals surface area contributed by atoms with Crippen LogP contribution in [0.3, 0.4) is 0 Å². The molecule has 3 heteroatoms. The summed E-state index contributed by atoms with van der Waals surface area (Å²) in [6.45, 7) is 1.23. The third-order valence-electron chi connectivity index (χ3n) is 3.52. The molecule has 0 aromatic heterocycles. The average molecular weight is 232 g/mol. The summed E-state index contributed by atoms with van der Waals surface area (Å²) in [5.74, 6) is 2.40. The van der Waals surface area contributed by atoms with Gasteiger partial charge in [-0.1, -0.05) is 6.07 Å². The highest BCUT2D eigenvalue weighted by atomic mass is 16.6. The van der Waals surface area contributed by atoms with Crippen LogP contribution < -0.4 is 9.47 Å². The standard InChI is InChI=1S/C14H16O3/c15-12-3-1-2-10(8-12)11-4-5-13-14(9-11)17-7-6-16-13/h4-5,9-10H,1-3,6-8H2/t10-/m0/s1. The van der Waals surface area contributed by atoms with E-state index in [2.05, 4.69) is 6.07 Å². The molecule has 0 radical (unpaired) electrons. The Balaban J connectivity index is 1.85. The summed E-state index contributed by atoms with van der Waals surface area (Å²) in [7, 11) is 0. The smallest absolute Gasteiger partial charge is 0.161 e. The number of carbonyl (C=O) groups excluding carboxylic acids is 1. The highest BCUT2D eigenvalue weighted by Gasteiger charge is 2.22. The van der Waals surface area contributed by atoms with Gasteiger partial charge in [0.25, 0.3) is 0 Å². The van der Waals surface area contributed by atoms with Gasteiger partial charge < -0.3 is 9.47 Å². The molecule has 1 fully saturated rings. The Morgan fingerprint density at radius 3 is 2.76 bits per heavy atom. The summed E-state index contributed by atoms with van der Waals surface area (Å²) in [6.07, 6.45) is 3.55. The van der Waals surface area contributed by atoms with Gasteiger partial charge in [0.15, 0.2) is 11.5 Å². The molecular formula is C14H16O3. The fraction of sp³-hybridized carbons (Fsp3) is 0.500. The molecule has 1 heterocycles. The molecule has 0 saturated heterocycles. The zero-order valence-corrected chi connectivity index (χ0v) is 9.78. The quantitative estimate of drug-likeness (QED) is 0.746. The SMILES string of the molecule is O=C1CCC[C@H](c2ccc3c(c2)OCCO3)C1. The Morgan fingerprint density at radius 1 is 1.12 bits per heavy atom. The first-order valence-corrected chi connectivity index (χ1v) is 6.24. The van der Waals surface area contributed by atoms with Crippen molar-refractivity contribution < 1.29 is 14.3 Å². The second-order valence-corrected chi connectivity index (χ2v) is 4.74. The Morgan fingerprint density at radius 2 is 1.94 bits per heavy atom. The topological polar surface area (TPSA) is 35.5 Å². The van der Waals surface area contributed by atoms with Crippen LogP contribution in [-0.4, -0.2) is 19.0 Å². The molecule has 0 N–H and O–H groups in total. The van der Waals surface area contributed by atoms with Crippen LogP contribution in [0.4, 0.5) is 0 Å². The highest BCUT2D eigenvalue weighted by Crippen LogP contribution is 2.37. The van der Waals surface area contributed by atoms with E-state index < -0.39 is 0 Å². The van der Waals surface area contributed by atoms with Crippen molar-refractivity contribution in [3.05, 3.63) is 23.8 Å². The van der Waals surface area contributed by atoms with E-state index in [-0.39, 0.29) is 0 Å². The van der Waals surface area contributed by atoms with Crippen LogP contribution >= 0.6 is 0 Å². The number of fused-ring (bicyclic) bond motifs is 1.